The Balaban J connectivity index is 1.97. The summed E-state index contributed by atoms with van der Waals surface area (Å²) in [4.78, 5) is 37.9. The lowest BCUT2D eigenvalue weighted by Crippen LogP contribution is -2.53. The number of aromatic hydroxyl groups is 1. The summed E-state index contributed by atoms with van der Waals surface area (Å²) >= 11 is 0. The average molecular weight is 456 g/mol. The molecule has 2 aliphatic heterocycles. The molecule has 2 aliphatic rings. The molecule has 2 aromatic rings. The van der Waals surface area contributed by atoms with E-state index in [0.29, 0.717) is 11.3 Å². The average Bonchev–Trinajstić information content (AvgIpc) is 2.74. The number of phenols is 1. The summed E-state index contributed by atoms with van der Waals surface area (Å²) in [5.41, 5.74) is 0.624. The predicted molar refractivity (Wildman–Crippen MR) is 119 cm³/mol. The number of alkyl carbamates (subject to hydrolysis) is 1. The van der Waals surface area contributed by atoms with Gasteiger partial charge in [0.15, 0.2) is 11.5 Å². The maximum atomic E-state index is 13.1. The van der Waals surface area contributed by atoms with Gasteiger partial charge in [-0.25, -0.2) is 9.59 Å². The molecule has 9 heteroatoms. The van der Waals surface area contributed by atoms with Crippen molar-refractivity contribution in [3.8, 4) is 17.2 Å². The van der Waals surface area contributed by atoms with E-state index in [1.807, 2.05) is 0 Å². The molecule has 0 radical (unpaired) electrons. The molecule has 0 aliphatic carbocycles. The second-order valence-electron chi connectivity index (χ2n) is 8.74. The van der Waals surface area contributed by atoms with Crippen LogP contribution in [0.4, 0.5) is 4.79 Å². The summed E-state index contributed by atoms with van der Waals surface area (Å²) in [5.74, 6) is -0.571. The first-order valence-corrected chi connectivity index (χ1v) is 10.5. The van der Waals surface area contributed by atoms with Gasteiger partial charge in [0.25, 0.3) is 0 Å². The third-order valence-corrected chi connectivity index (χ3v) is 4.86. The van der Waals surface area contributed by atoms with Crippen LogP contribution in [0.15, 0.2) is 42.5 Å². The molecule has 2 amide bonds. The molecule has 9 nitrogen and oxygen atoms in total. The van der Waals surface area contributed by atoms with Crippen LogP contribution in [0.25, 0.3) is 0 Å². The van der Waals surface area contributed by atoms with Crippen molar-refractivity contribution in [2.75, 3.05) is 7.11 Å². The molecule has 0 aromatic heterocycles. The molecule has 0 spiro atoms. The number of benzene rings is 2. The second-order valence-corrected chi connectivity index (χ2v) is 8.74. The van der Waals surface area contributed by atoms with Gasteiger partial charge in [0, 0.05) is 12.8 Å². The van der Waals surface area contributed by atoms with Crippen LogP contribution >= 0.6 is 0 Å². The van der Waals surface area contributed by atoms with Crippen molar-refractivity contribution in [3.63, 3.8) is 0 Å². The first-order valence-electron chi connectivity index (χ1n) is 10.5. The van der Waals surface area contributed by atoms with Crippen molar-refractivity contribution < 1.29 is 33.7 Å². The number of hydrogen-bond donors (Lipinski definition) is 3. The molecule has 2 heterocycles. The number of fused-ring (bicyclic) bond motifs is 7. The van der Waals surface area contributed by atoms with E-state index in [0.717, 1.165) is 5.56 Å². The monoisotopic (exact) mass is 456 g/mol. The van der Waals surface area contributed by atoms with E-state index >= 15 is 0 Å². The van der Waals surface area contributed by atoms with Gasteiger partial charge in [-0.3, -0.25) is 4.79 Å². The summed E-state index contributed by atoms with van der Waals surface area (Å²) < 4.78 is 15.9. The Hall–Kier alpha value is -3.75. The second kappa shape index (κ2) is 9.81. The van der Waals surface area contributed by atoms with E-state index in [1.54, 1.807) is 57.2 Å². The highest BCUT2D eigenvalue weighted by atomic mass is 16.6. The van der Waals surface area contributed by atoms with E-state index in [2.05, 4.69) is 10.6 Å². The van der Waals surface area contributed by atoms with Gasteiger partial charge in [0.2, 0.25) is 5.91 Å². The number of carbonyl (C=O) groups excluding carboxylic acids is 3. The highest BCUT2D eigenvalue weighted by molar-refractivity contribution is 5.90. The van der Waals surface area contributed by atoms with Crippen LogP contribution < -0.4 is 15.4 Å². The van der Waals surface area contributed by atoms with E-state index in [1.165, 1.54) is 13.2 Å². The van der Waals surface area contributed by atoms with E-state index in [4.69, 9.17) is 14.2 Å². The zero-order valence-corrected chi connectivity index (χ0v) is 19.0. The lowest BCUT2D eigenvalue weighted by molar-refractivity contribution is -0.145. The van der Waals surface area contributed by atoms with Crippen LogP contribution in [-0.4, -0.2) is 47.9 Å². The first-order chi connectivity index (χ1) is 15.5. The minimum Gasteiger partial charge on any atom is -0.504 e. The number of phenolic OH excluding ortho intramolecular Hbond substituents is 1. The lowest BCUT2D eigenvalue weighted by Gasteiger charge is -2.25. The Morgan fingerprint density at radius 1 is 1.09 bits per heavy atom. The number of ether oxygens (including phenoxy) is 3. The number of methoxy groups -OCH3 is 1. The highest BCUT2D eigenvalue weighted by Crippen LogP contribution is 2.32. The Bertz CT molecular complexity index is 1030. The van der Waals surface area contributed by atoms with Crippen molar-refractivity contribution in [1.82, 2.24) is 10.6 Å². The molecular weight excluding hydrogens is 428 g/mol. The minimum atomic E-state index is -1.02. The van der Waals surface area contributed by atoms with Crippen molar-refractivity contribution in [2.45, 2.75) is 51.3 Å². The SMILES string of the molecule is COC(=O)[C@H]1Cc2ccc(O)c(c2)Oc2ccc(cc2)C[C@H](NC(=O)OC(C)(C)C)C(=O)N1. The summed E-state index contributed by atoms with van der Waals surface area (Å²) in [7, 11) is 1.22. The fraction of sp³-hybridized carbons (Fsp3) is 0.375. The van der Waals surface area contributed by atoms with Gasteiger partial charge in [-0.2, -0.15) is 0 Å². The van der Waals surface area contributed by atoms with Gasteiger partial charge < -0.3 is 30.0 Å². The number of rotatable bonds is 2. The van der Waals surface area contributed by atoms with Crippen LogP contribution in [0, 0.1) is 0 Å². The summed E-state index contributed by atoms with van der Waals surface area (Å²) in [5, 5.41) is 15.4. The summed E-state index contributed by atoms with van der Waals surface area (Å²) in [6.45, 7) is 5.16. The van der Waals surface area contributed by atoms with E-state index in [-0.39, 0.29) is 24.3 Å². The standard InChI is InChI=1S/C24H28N2O7/c1-24(2,3)33-23(30)26-17-11-14-5-8-16(9-6-14)32-20-13-15(7-10-19(20)27)12-18(22(29)31-4)25-21(17)28/h5-10,13,17-18,27H,11-12H2,1-4H3,(H,25,28)(H,26,30)/t17-,18+/m0/s1. The quantitative estimate of drug-likeness (QED) is 0.594. The Morgan fingerprint density at radius 3 is 2.39 bits per heavy atom. The molecule has 0 saturated carbocycles. The molecule has 0 unspecified atom stereocenters. The zero-order chi connectivity index (χ0) is 24.2. The fourth-order valence-corrected chi connectivity index (χ4v) is 3.33. The molecule has 0 saturated heterocycles. The van der Waals surface area contributed by atoms with Crippen LogP contribution in [0.5, 0.6) is 17.2 Å². The maximum absolute atomic E-state index is 13.1. The van der Waals surface area contributed by atoms with Crippen LogP contribution in [0.2, 0.25) is 0 Å². The largest absolute Gasteiger partial charge is 0.504 e. The molecular formula is C24H28N2O7. The Kier molecular flexibility index (Phi) is 7.10. The smallest absolute Gasteiger partial charge is 0.408 e. The molecule has 4 bridgehead atoms. The predicted octanol–water partition coefficient (Wildman–Crippen LogP) is 2.83. The van der Waals surface area contributed by atoms with Crippen LogP contribution in [-0.2, 0) is 31.9 Å². The Morgan fingerprint density at radius 2 is 1.76 bits per heavy atom. The molecule has 33 heavy (non-hydrogen) atoms. The molecule has 176 valence electrons. The number of carbonyl (C=O) groups is 3. The molecule has 2 aromatic carbocycles. The molecule has 0 fully saturated rings. The summed E-state index contributed by atoms with van der Waals surface area (Å²) in [6.07, 6.45) is -0.511. The van der Waals surface area contributed by atoms with Crippen molar-refractivity contribution in [1.29, 1.82) is 0 Å². The van der Waals surface area contributed by atoms with Crippen molar-refractivity contribution in [3.05, 3.63) is 53.6 Å². The lowest BCUT2D eigenvalue weighted by atomic mass is 10.0. The van der Waals surface area contributed by atoms with Crippen LogP contribution in [0.1, 0.15) is 31.9 Å². The topological polar surface area (TPSA) is 123 Å². The third-order valence-electron chi connectivity index (χ3n) is 4.86. The number of hydrogen-bond acceptors (Lipinski definition) is 7. The minimum absolute atomic E-state index is 0.0600. The molecule has 2 atom stereocenters. The number of nitrogens with one attached hydrogen (secondary N) is 2. The van der Waals surface area contributed by atoms with E-state index in [9.17, 15) is 19.5 Å². The van der Waals surface area contributed by atoms with Gasteiger partial charge in [-0.15, -0.1) is 0 Å². The number of amides is 2. The normalized spacial score (nSPS) is 18.4. The zero-order valence-electron chi connectivity index (χ0n) is 19.0. The highest BCUT2D eigenvalue weighted by Gasteiger charge is 2.29. The first kappa shape index (κ1) is 23.9. The van der Waals surface area contributed by atoms with Crippen molar-refractivity contribution in [2.24, 2.45) is 0 Å². The molecule has 3 N–H and O–H groups in total. The van der Waals surface area contributed by atoms with Crippen LogP contribution in [0.3, 0.4) is 0 Å². The van der Waals surface area contributed by atoms with Gasteiger partial charge in [0.1, 0.15) is 23.4 Å². The van der Waals surface area contributed by atoms with Gasteiger partial charge in [-0.05, 0) is 56.2 Å². The molecule has 4 rings (SSSR count). The van der Waals surface area contributed by atoms with Crippen molar-refractivity contribution >= 4 is 18.0 Å². The fourth-order valence-electron chi connectivity index (χ4n) is 3.33. The van der Waals surface area contributed by atoms with Gasteiger partial charge in [-0.1, -0.05) is 18.2 Å². The maximum Gasteiger partial charge on any atom is 0.408 e. The third kappa shape index (κ3) is 6.61. The van der Waals surface area contributed by atoms with E-state index < -0.39 is 35.7 Å². The number of esters is 1. The summed E-state index contributed by atoms with van der Waals surface area (Å²) in [6, 6.07) is 9.54. The van der Waals surface area contributed by atoms with Gasteiger partial charge in [0.05, 0.1) is 7.11 Å². The Labute approximate surface area is 192 Å². The van der Waals surface area contributed by atoms with Gasteiger partial charge >= 0.3 is 12.1 Å².